The van der Waals surface area contributed by atoms with Gasteiger partial charge >= 0.3 is 0 Å². The van der Waals surface area contributed by atoms with Crippen molar-refractivity contribution in [2.24, 2.45) is 0 Å². The van der Waals surface area contributed by atoms with E-state index in [9.17, 15) is 0 Å². The second kappa shape index (κ2) is 8.80. The van der Waals surface area contributed by atoms with E-state index in [1.54, 1.807) is 14.2 Å². The summed E-state index contributed by atoms with van der Waals surface area (Å²) in [6.45, 7) is 5.98. The van der Waals surface area contributed by atoms with Gasteiger partial charge in [-0.15, -0.1) is 0 Å². The molecule has 0 radical (unpaired) electrons. The predicted octanol–water partition coefficient (Wildman–Crippen LogP) is 2.56. The number of rotatable bonds is 9. The summed E-state index contributed by atoms with van der Waals surface area (Å²) in [5, 5.41) is 3.71. The van der Waals surface area contributed by atoms with Gasteiger partial charge in [-0.2, -0.15) is 0 Å². The molecule has 5 heteroatoms. The van der Waals surface area contributed by atoms with E-state index in [2.05, 4.69) is 11.9 Å². The first-order valence-electron chi connectivity index (χ1n) is 6.00. The molecule has 0 saturated heterocycles. The average Bonchev–Trinajstić information content (AvgIpc) is 2.41. The summed E-state index contributed by atoms with van der Waals surface area (Å²) in [5.41, 5.74) is 1.01. The van der Waals surface area contributed by atoms with Gasteiger partial charge in [0, 0.05) is 30.8 Å². The topological polar surface area (TPSA) is 39.7 Å². The van der Waals surface area contributed by atoms with Crippen molar-refractivity contribution in [2.45, 2.75) is 6.54 Å². The molecule has 19 heavy (non-hydrogen) atoms. The summed E-state index contributed by atoms with van der Waals surface area (Å²) in [6, 6.07) is 5.76. The molecule has 0 aliphatic heterocycles. The molecule has 0 aliphatic carbocycles. The van der Waals surface area contributed by atoms with Crippen molar-refractivity contribution >= 4 is 11.6 Å². The fourth-order valence-electron chi connectivity index (χ4n) is 1.57. The first-order valence-corrected chi connectivity index (χ1v) is 6.38. The maximum atomic E-state index is 5.73. The SMILES string of the molecule is C=C(Cl)COc1c(CNCCOC)cccc1OC. The Hall–Kier alpha value is -1.23. The Balaban J connectivity index is 2.73. The lowest BCUT2D eigenvalue weighted by atomic mass is 10.2. The third-order valence-corrected chi connectivity index (χ3v) is 2.56. The maximum absolute atomic E-state index is 5.73. The Bertz CT molecular complexity index is 410. The quantitative estimate of drug-likeness (QED) is 0.708. The molecule has 0 heterocycles. The normalized spacial score (nSPS) is 10.3. The number of hydrogen-bond donors (Lipinski definition) is 1. The van der Waals surface area contributed by atoms with Crippen LogP contribution in [0.2, 0.25) is 0 Å². The van der Waals surface area contributed by atoms with E-state index in [-0.39, 0.29) is 6.61 Å². The van der Waals surface area contributed by atoms with Gasteiger partial charge in [0.15, 0.2) is 11.5 Å². The molecule has 1 aromatic carbocycles. The summed E-state index contributed by atoms with van der Waals surface area (Å²) in [5.74, 6) is 1.38. The zero-order valence-electron chi connectivity index (χ0n) is 11.4. The van der Waals surface area contributed by atoms with Crippen molar-refractivity contribution in [3.8, 4) is 11.5 Å². The third-order valence-electron chi connectivity index (χ3n) is 2.45. The lowest BCUT2D eigenvalue weighted by molar-refractivity contribution is 0.199. The van der Waals surface area contributed by atoms with Gasteiger partial charge in [-0.25, -0.2) is 0 Å². The molecule has 0 aliphatic rings. The molecule has 0 saturated carbocycles. The minimum atomic E-state index is 0.257. The summed E-state index contributed by atoms with van der Waals surface area (Å²) in [6.07, 6.45) is 0. The predicted molar refractivity (Wildman–Crippen MR) is 77.1 cm³/mol. The summed E-state index contributed by atoms with van der Waals surface area (Å²) in [7, 11) is 3.29. The number of ether oxygens (including phenoxy) is 3. The number of para-hydroxylation sites is 1. The molecule has 1 rings (SSSR count). The average molecular weight is 286 g/mol. The van der Waals surface area contributed by atoms with E-state index in [1.165, 1.54) is 0 Å². The van der Waals surface area contributed by atoms with Crippen LogP contribution < -0.4 is 14.8 Å². The van der Waals surface area contributed by atoms with Crippen LogP contribution in [0.1, 0.15) is 5.56 Å². The van der Waals surface area contributed by atoms with Crippen LogP contribution in [0.15, 0.2) is 29.8 Å². The van der Waals surface area contributed by atoms with Crippen molar-refractivity contribution in [1.82, 2.24) is 5.32 Å². The van der Waals surface area contributed by atoms with Crippen LogP contribution in [0, 0.1) is 0 Å². The monoisotopic (exact) mass is 285 g/mol. The second-order valence-electron chi connectivity index (χ2n) is 3.92. The number of halogens is 1. The molecule has 0 unspecified atom stereocenters. The van der Waals surface area contributed by atoms with Gasteiger partial charge in [0.25, 0.3) is 0 Å². The first-order chi connectivity index (χ1) is 9.19. The number of nitrogens with one attached hydrogen (secondary N) is 1. The van der Waals surface area contributed by atoms with Gasteiger partial charge in [-0.3, -0.25) is 0 Å². The number of methoxy groups -OCH3 is 2. The summed E-state index contributed by atoms with van der Waals surface area (Å²) < 4.78 is 15.9. The summed E-state index contributed by atoms with van der Waals surface area (Å²) >= 11 is 5.73. The Morgan fingerprint density at radius 1 is 1.37 bits per heavy atom. The molecule has 0 bridgehead atoms. The van der Waals surface area contributed by atoms with Crippen molar-refractivity contribution in [2.75, 3.05) is 34.0 Å². The molecule has 0 aromatic heterocycles. The van der Waals surface area contributed by atoms with Gasteiger partial charge in [-0.05, 0) is 6.07 Å². The van der Waals surface area contributed by atoms with Gasteiger partial charge in [0.2, 0.25) is 0 Å². The minimum Gasteiger partial charge on any atom is -0.493 e. The zero-order chi connectivity index (χ0) is 14.1. The van der Waals surface area contributed by atoms with Crippen LogP contribution in [0.4, 0.5) is 0 Å². The van der Waals surface area contributed by atoms with Crippen molar-refractivity contribution in [3.63, 3.8) is 0 Å². The van der Waals surface area contributed by atoms with E-state index >= 15 is 0 Å². The van der Waals surface area contributed by atoms with Crippen LogP contribution in [0.3, 0.4) is 0 Å². The largest absolute Gasteiger partial charge is 0.493 e. The lowest BCUT2D eigenvalue weighted by Crippen LogP contribution is -2.19. The van der Waals surface area contributed by atoms with Crippen molar-refractivity contribution in [1.29, 1.82) is 0 Å². The highest BCUT2D eigenvalue weighted by atomic mass is 35.5. The smallest absolute Gasteiger partial charge is 0.166 e. The molecule has 0 spiro atoms. The Morgan fingerprint density at radius 2 is 2.16 bits per heavy atom. The Morgan fingerprint density at radius 3 is 2.79 bits per heavy atom. The van der Waals surface area contributed by atoms with Gasteiger partial charge in [0.1, 0.15) is 6.61 Å². The van der Waals surface area contributed by atoms with Crippen LogP contribution in [0.25, 0.3) is 0 Å². The van der Waals surface area contributed by atoms with E-state index < -0.39 is 0 Å². The number of hydrogen-bond acceptors (Lipinski definition) is 4. The van der Waals surface area contributed by atoms with Gasteiger partial charge in [-0.1, -0.05) is 30.3 Å². The molecule has 106 valence electrons. The summed E-state index contributed by atoms with van der Waals surface area (Å²) in [4.78, 5) is 0. The fraction of sp³-hybridized carbons (Fsp3) is 0.429. The van der Waals surface area contributed by atoms with Crippen molar-refractivity contribution in [3.05, 3.63) is 35.4 Å². The highest BCUT2D eigenvalue weighted by Crippen LogP contribution is 2.31. The molecule has 0 fully saturated rings. The Kier molecular flexibility index (Phi) is 7.33. The maximum Gasteiger partial charge on any atom is 0.166 e. The van der Waals surface area contributed by atoms with Crippen LogP contribution in [-0.4, -0.2) is 34.0 Å². The highest BCUT2D eigenvalue weighted by Gasteiger charge is 2.10. The van der Waals surface area contributed by atoms with Gasteiger partial charge in [0.05, 0.1) is 13.7 Å². The molecule has 4 nitrogen and oxygen atoms in total. The molecular weight excluding hydrogens is 266 g/mol. The van der Waals surface area contributed by atoms with Crippen LogP contribution in [0.5, 0.6) is 11.5 Å². The lowest BCUT2D eigenvalue weighted by Gasteiger charge is -2.15. The van der Waals surface area contributed by atoms with E-state index in [4.69, 9.17) is 25.8 Å². The molecule has 1 aromatic rings. The fourth-order valence-corrected chi connectivity index (χ4v) is 1.63. The van der Waals surface area contributed by atoms with Crippen LogP contribution >= 0.6 is 11.6 Å². The molecule has 0 atom stereocenters. The third kappa shape index (κ3) is 5.51. The molecule has 0 amide bonds. The minimum absolute atomic E-state index is 0.257. The van der Waals surface area contributed by atoms with E-state index in [0.29, 0.717) is 29.7 Å². The second-order valence-corrected chi connectivity index (χ2v) is 4.46. The Labute approximate surface area is 119 Å². The number of benzene rings is 1. The van der Waals surface area contributed by atoms with Crippen LogP contribution in [-0.2, 0) is 11.3 Å². The van der Waals surface area contributed by atoms with Crippen molar-refractivity contribution < 1.29 is 14.2 Å². The molecule has 1 N–H and O–H groups in total. The zero-order valence-corrected chi connectivity index (χ0v) is 12.1. The van der Waals surface area contributed by atoms with Gasteiger partial charge < -0.3 is 19.5 Å². The van der Waals surface area contributed by atoms with E-state index in [0.717, 1.165) is 12.1 Å². The van der Waals surface area contributed by atoms with E-state index in [1.807, 2.05) is 18.2 Å². The first kappa shape index (κ1) is 15.8. The highest BCUT2D eigenvalue weighted by molar-refractivity contribution is 6.29. The standard InChI is InChI=1S/C14H20ClNO3/c1-11(15)10-19-14-12(9-16-7-8-17-2)5-4-6-13(14)18-3/h4-6,16H,1,7-10H2,2-3H3. The molecular formula is C14H20ClNO3.